The van der Waals surface area contributed by atoms with Crippen molar-refractivity contribution in [2.24, 2.45) is 5.92 Å². The Kier molecular flexibility index (Phi) is 5.91. The lowest BCUT2D eigenvalue weighted by Crippen LogP contribution is -2.39. The first-order valence-electron chi connectivity index (χ1n) is 9.29. The molecule has 0 N–H and O–H groups in total. The second-order valence-electron chi connectivity index (χ2n) is 7.16. The number of aromatic nitrogens is 2. The van der Waals surface area contributed by atoms with Crippen molar-refractivity contribution in [1.29, 1.82) is 0 Å². The lowest BCUT2D eigenvalue weighted by molar-refractivity contribution is -0.132. The smallest absolute Gasteiger partial charge is 0.227 e. The van der Waals surface area contributed by atoms with Crippen LogP contribution >= 0.6 is 0 Å². The van der Waals surface area contributed by atoms with Crippen LogP contribution in [0.4, 0.5) is 0 Å². The molecule has 1 aliphatic carbocycles. The van der Waals surface area contributed by atoms with E-state index in [-0.39, 0.29) is 5.91 Å². The van der Waals surface area contributed by atoms with Crippen LogP contribution in [0, 0.1) is 5.92 Å². The van der Waals surface area contributed by atoms with Gasteiger partial charge in [0, 0.05) is 31.5 Å². The summed E-state index contributed by atoms with van der Waals surface area (Å²) in [6.45, 7) is 2.29. The third-order valence-electron chi connectivity index (χ3n) is 5.30. The normalized spacial score (nSPS) is 20.0. The lowest BCUT2D eigenvalue weighted by Gasteiger charge is -2.33. The van der Waals surface area contributed by atoms with E-state index in [2.05, 4.69) is 17.1 Å². The predicted molar refractivity (Wildman–Crippen MR) is 98.8 cm³/mol. The molecular weight excluding hydrogens is 330 g/mol. The van der Waals surface area contributed by atoms with Gasteiger partial charge in [-0.25, -0.2) is 0 Å². The van der Waals surface area contributed by atoms with Crippen LogP contribution in [0.1, 0.15) is 44.9 Å². The van der Waals surface area contributed by atoms with Crippen LogP contribution in [0.15, 0.2) is 28.8 Å². The maximum atomic E-state index is 12.5. The van der Waals surface area contributed by atoms with E-state index in [0.717, 1.165) is 30.1 Å². The first kappa shape index (κ1) is 18.4. The molecule has 1 saturated carbocycles. The van der Waals surface area contributed by atoms with Gasteiger partial charge in [-0.2, -0.15) is 4.98 Å². The molecule has 1 aromatic heterocycles. The number of rotatable bonds is 6. The Balaban J connectivity index is 1.53. The average molecular weight is 357 g/mol. The molecule has 0 radical (unpaired) electrons. The Bertz CT molecular complexity index is 718. The van der Waals surface area contributed by atoms with E-state index >= 15 is 0 Å². The van der Waals surface area contributed by atoms with E-state index in [1.54, 1.807) is 7.11 Å². The van der Waals surface area contributed by atoms with Gasteiger partial charge in [0.05, 0.1) is 7.11 Å². The molecule has 1 aliphatic rings. The molecule has 1 heterocycles. The molecule has 0 saturated heterocycles. The minimum Gasteiger partial charge on any atom is -0.497 e. The zero-order chi connectivity index (χ0) is 18.5. The highest BCUT2D eigenvalue weighted by Crippen LogP contribution is 2.27. The molecule has 0 bridgehead atoms. The molecule has 0 spiro atoms. The van der Waals surface area contributed by atoms with Crippen LogP contribution in [0.5, 0.6) is 5.75 Å². The zero-order valence-electron chi connectivity index (χ0n) is 15.8. The number of hydrogen-bond acceptors (Lipinski definition) is 5. The summed E-state index contributed by atoms with van der Waals surface area (Å²) in [4.78, 5) is 18.8. The van der Waals surface area contributed by atoms with Gasteiger partial charge in [0.2, 0.25) is 17.6 Å². The largest absolute Gasteiger partial charge is 0.497 e. The molecule has 1 aromatic carbocycles. The minimum atomic E-state index is 0.147. The van der Waals surface area contributed by atoms with Crippen molar-refractivity contribution >= 4 is 5.91 Å². The number of aryl methyl sites for hydroxylation is 1. The fourth-order valence-electron chi connectivity index (χ4n) is 3.44. The van der Waals surface area contributed by atoms with E-state index in [4.69, 9.17) is 9.26 Å². The Labute approximate surface area is 154 Å². The number of ether oxygens (including phenoxy) is 1. The van der Waals surface area contributed by atoms with Crippen molar-refractivity contribution < 1.29 is 14.1 Å². The molecule has 2 aromatic rings. The molecule has 3 rings (SSSR count). The molecule has 6 nitrogen and oxygen atoms in total. The SMILES string of the molecule is COc1ccc(-c2noc(CCC(=O)N(C)C3CCC(C)CC3)n2)cc1. The molecule has 26 heavy (non-hydrogen) atoms. The topological polar surface area (TPSA) is 68.5 Å². The summed E-state index contributed by atoms with van der Waals surface area (Å²) in [5.74, 6) is 2.74. The number of hydrogen-bond donors (Lipinski definition) is 0. The van der Waals surface area contributed by atoms with Crippen molar-refractivity contribution in [3.05, 3.63) is 30.2 Å². The standard InChI is InChI=1S/C20H27N3O3/c1-14-4-8-16(9-5-14)23(2)19(24)13-12-18-21-20(22-26-18)15-6-10-17(25-3)11-7-15/h6-7,10-11,14,16H,4-5,8-9,12-13H2,1-3H3. The van der Waals surface area contributed by atoms with Gasteiger partial charge in [-0.15, -0.1) is 0 Å². The third kappa shape index (κ3) is 4.42. The highest BCUT2D eigenvalue weighted by atomic mass is 16.5. The van der Waals surface area contributed by atoms with E-state index in [1.165, 1.54) is 12.8 Å². The van der Waals surface area contributed by atoms with Crippen LogP contribution in [0.25, 0.3) is 11.4 Å². The number of methoxy groups -OCH3 is 1. The molecule has 0 unspecified atom stereocenters. The van der Waals surface area contributed by atoms with Crippen LogP contribution in [0.2, 0.25) is 0 Å². The Morgan fingerprint density at radius 3 is 2.58 bits per heavy atom. The van der Waals surface area contributed by atoms with Gasteiger partial charge in [0.25, 0.3) is 0 Å². The first-order valence-corrected chi connectivity index (χ1v) is 9.29. The summed E-state index contributed by atoms with van der Waals surface area (Å²) in [6.07, 6.45) is 5.48. The van der Waals surface area contributed by atoms with Gasteiger partial charge in [0.15, 0.2) is 0 Å². The van der Waals surface area contributed by atoms with Crippen LogP contribution in [-0.4, -0.2) is 41.1 Å². The summed E-state index contributed by atoms with van der Waals surface area (Å²) in [5, 5.41) is 4.01. The van der Waals surface area contributed by atoms with Crippen molar-refractivity contribution in [1.82, 2.24) is 15.0 Å². The average Bonchev–Trinajstić information content (AvgIpc) is 3.15. The zero-order valence-corrected chi connectivity index (χ0v) is 15.8. The molecule has 0 atom stereocenters. The second-order valence-corrected chi connectivity index (χ2v) is 7.16. The van der Waals surface area contributed by atoms with E-state index in [9.17, 15) is 4.79 Å². The van der Waals surface area contributed by atoms with Gasteiger partial charge < -0.3 is 14.2 Å². The van der Waals surface area contributed by atoms with Gasteiger partial charge >= 0.3 is 0 Å². The summed E-state index contributed by atoms with van der Waals surface area (Å²) in [6, 6.07) is 7.85. The van der Waals surface area contributed by atoms with Crippen molar-refractivity contribution in [3.8, 4) is 17.1 Å². The number of nitrogens with zero attached hydrogens (tertiary/aromatic N) is 3. The van der Waals surface area contributed by atoms with Gasteiger partial charge in [-0.3, -0.25) is 4.79 Å². The summed E-state index contributed by atoms with van der Waals surface area (Å²) < 4.78 is 10.4. The highest BCUT2D eigenvalue weighted by molar-refractivity contribution is 5.76. The minimum absolute atomic E-state index is 0.147. The van der Waals surface area contributed by atoms with Crippen molar-refractivity contribution in [3.63, 3.8) is 0 Å². The summed E-state index contributed by atoms with van der Waals surface area (Å²) >= 11 is 0. The fraction of sp³-hybridized carbons (Fsp3) is 0.550. The van der Waals surface area contributed by atoms with E-state index < -0.39 is 0 Å². The second kappa shape index (κ2) is 8.34. The van der Waals surface area contributed by atoms with Crippen molar-refractivity contribution in [2.45, 2.75) is 51.5 Å². The van der Waals surface area contributed by atoms with E-state index in [1.807, 2.05) is 36.2 Å². The maximum Gasteiger partial charge on any atom is 0.227 e. The number of carbonyl (C=O) groups is 1. The molecular formula is C20H27N3O3. The number of carbonyl (C=O) groups excluding carboxylic acids is 1. The first-order chi connectivity index (χ1) is 12.6. The molecule has 1 amide bonds. The monoisotopic (exact) mass is 357 g/mol. The lowest BCUT2D eigenvalue weighted by atomic mass is 9.86. The Morgan fingerprint density at radius 1 is 1.23 bits per heavy atom. The fourth-order valence-corrected chi connectivity index (χ4v) is 3.44. The van der Waals surface area contributed by atoms with Crippen LogP contribution in [-0.2, 0) is 11.2 Å². The number of amides is 1. The van der Waals surface area contributed by atoms with E-state index in [0.29, 0.717) is 30.6 Å². The Morgan fingerprint density at radius 2 is 1.92 bits per heavy atom. The van der Waals surface area contributed by atoms with Gasteiger partial charge in [-0.1, -0.05) is 12.1 Å². The van der Waals surface area contributed by atoms with Crippen LogP contribution < -0.4 is 4.74 Å². The Hall–Kier alpha value is -2.37. The molecule has 0 aliphatic heterocycles. The summed E-state index contributed by atoms with van der Waals surface area (Å²) in [5.41, 5.74) is 0.862. The number of benzene rings is 1. The maximum absolute atomic E-state index is 12.5. The van der Waals surface area contributed by atoms with Crippen molar-refractivity contribution in [2.75, 3.05) is 14.2 Å². The molecule has 140 valence electrons. The summed E-state index contributed by atoms with van der Waals surface area (Å²) in [7, 11) is 3.54. The van der Waals surface area contributed by atoms with Crippen LogP contribution in [0.3, 0.4) is 0 Å². The van der Waals surface area contributed by atoms with Gasteiger partial charge in [-0.05, 0) is 55.9 Å². The van der Waals surface area contributed by atoms with Gasteiger partial charge in [0.1, 0.15) is 5.75 Å². The molecule has 1 fully saturated rings. The molecule has 6 heteroatoms. The predicted octanol–water partition coefficient (Wildman–Crippen LogP) is 3.71. The quantitative estimate of drug-likeness (QED) is 0.788. The highest BCUT2D eigenvalue weighted by Gasteiger charge is 2.24. The third-order valence-corrected chi connectivity index (χ3v) is 5.30.